The molecule has 2 heterocycles. The summed E-state index contributed by atoms with van der Waals surface area (Å²) in [7, 11) is 0. The highest BCUT2D eigenvalue weighted by molar-refractivity contribution is 6.30. The molecule has 1 aliphatic rings. The second kappa shape index (κ2) is 6.18. The van der Waals surface area contributed by atoms with Crippen LogP contribution in [0.25, 0.3) is 11.3 Å². The molecule has 0 saturated carbocycles. The zero-order valence-corrected chi connectivity index (χ0v) is 12.1. The van der Waals surface area contributed by atoms with Crippen LogP contribution < -0.4 is 4.90 Å². The van der Waals surface area contributed by atoms with Crippen molar-refractivity contribution in [2.75, 3.05) is 18.0 Å². The minimum atomic E-state index is 0.725. The third-order valence-corrected chi connectivity index (χ3v) is 3.83. The van der Waals surface area contributed by atoms with Crippen LogP contribution in [0.15, 0.2) is 30.5 Å². The summed E-state index contributed by atoms with van der Waals surface area (Å²) in [6.07, 6.45) is 6.69. The molecule has 0 spiro atoms. The SMILES string of the molecule is Clc1ccc(-c2cnnc(N3CCCCCC3)n2)cc1. The van der Waals surface area contributed by atoms with Crippen molar-refractivity contribution < 1.29 is 0 Å². The Morgan fingerprint density at radius 3 is 2.35 bits per heavy atom. The summed E-state index contributed by atoms with van der Waals surface area (Å²) < 4.78 is 0. The van der Waals surface area contributed by atoms with Crippen LogP contribution in [0.3, 0.4) is 0 Å². The molecule has 1 aliphatic heterocycles. The van der Waals surface area contributed by atoms with Gasteiger partial charge < -0.3 is 4.90 Å². The van der Waals surface area contributed by atoms with Crippen LogP contribution in [0.4, 0.5) is 5.95 Å². The van der Waals surface area contributed by atoms with Crippen molar-refractivity contribution in [1.29, 1.82) is 0 Å². The van der Waals surface area contributed by atoms with E-state index in [9.17, 15) is 0 Å². The molecule has 0 N–H and O–H groups in total. The van der Waals surface area contributed by atoms with E-state index in [2.05, 4.69) is 20.1 Å². The molecule has 0 unspecified atom stereocenters. The fraction of sp³-hybridized carbons (Fsp3) is 0.400. The standard InChI is InChI=1S/C15H17ClN4/c16-13-7-5-12(6-8-13)14-11-17-19-15(18-14)20-9-3-1-2-4-10-20/h5-8,11H,1-4,9-10H2. The van der Waals surface area contributed by atoms with E-state index in [1.165, 1.54) is 25.7 Å². The number of anilines is 1. The van der Waals surface area contributed by atoms with Gasteiger partial charge in [0.05, 0.1) is 11.9 Å². The van der Waals surface area contributed by atoms with E-state index >= 15 is 0 Å². The van der Waals surface area contributed by atoms with Crippen molar-refractivity contribution in [3.05, 3.63) is 35.5 Å². The predicted octanol–water partition coefficient (Wildman–Crippen LogP) is 3.57. The number of hydrogen-bond acceptors (Lipinski definition) is 4. The lowest BCUT2D eigenvalue weighted by Crippen LogP contribution is -2.26. The average molecular weight is 289 g/mol. The maximum absolute atomic E-state index is 5.91. The zero-order chi connectivity index (χ0) is 13.8. The smallest absolute Gasteiger partial charge is 0.245 e. The van der Waals surface area contributed by atoms with Gasteiger partial charge in [0, 0.05) is 23.7 Å². The van der Waals surface area contributed by atoms with Gasteiger partial charge in [-0.15, -0.1) is 5.10 Å². The molecular weight excluding hydrogens is 272 g/mol. The Balaban J connectivity index is 1.86. The number of aromatic nitrogens is 3. The van der Waals surface area contributed by atoms with Crippen LogP contribution >= 0.6 is 11.6 Å². The van der Waals surface area contributed by atoms with E-state index in [0.29, 0.717) is 0 Å². The molecule has 1 aromatic heterocycles. The summed E-state index contributed by atoms with van der Waals surface area (Å²) in [5.41, 5.74) is 1.86. The van der Waals surface area contributed by atoms with Crippen LogP contribution in [0.1, 0.15) is 25.7 Å². The van der Waals surface area contributed by atoms with Gasteiger partial charge in [-0.25, -0.2) is 4.98 Å². The lowest BCUT2D eigenvalue weighted by Gasteiger charge is -2.19. The molecule has 4 nitrogen and oxygen atoms in total. The number of halogens is 1. The van der Waals surface area contributed by atoms with Gasteiger partial charge in [-0.3, -0.25) is 0 Å². The van der Waals surface area contributed by atoms with Crippen LogP contribution in [0, 0.1) is 0 Å². The van der Waals surface area contributed by atoms with Gasteiger partial charge in [0.1, 0.15) is 0 Å². The molecule has 3 rings (SSSR count). The summed E-state index contributed by atoms with van der Waals surface area (Å²) in [4.78, 5) is 6.88. The van der Waals surface area contributed by atoms with Crippen LogP contribution in [-0.2, 0) is 0 Å². The Bertz CT molecular complexity index is 562. The first kappa shape index (κ1) is 13.3. The molecular formula is C15H17ClN4. The Kier molecular flexibility index (Phi) is 4.11. The average Bonchev–Trinajstić information content (AvgIpc) is 2.77. The molecule has 0 radical (unpaired) electrons. The van der Waals surface area contributed by atoms with Crippen molar-refractivity contribution in [3.63, 3.8) is 0 Å². The molecule has 2 aromatic rings. The van der Waals surface area contributed by atoms with Crippen LogP contribution in [0.2, 0.25) is 5.02 Å². The van der Waals surface area contributed by atoms with Gasteiger partial charge in [0.2, 0.25) is 5.95 Å². The maximum Gasteiger partial charge on any atom is 0.245 e. The third kappa shape index (κ3) is 3.07. The van der Waals surface area contributed by atoms with Crippen LogP contribution in [-0.4, -0.2) is 28.3 Å². The molecule has 0 aliphatic carbocycles. The largest absolute Gasteiger partial charge is 0.340 e. The Labute approximate surface area is 123 Å². The lowest BCUT2D eigenvalue weighted by molar-refractivity contribution is 0.726. The van der Waals surface area contributed by atoms with Crippen molar-refractivity contribution in [2.24, 2.45) is 0 Å². The van der Waals surface area contributed by atoms with E-state index in [4.69, 9.17) is 11.6 Å². The first-order valence-electron chi connectivity index (χ1n) is 7.03. The normalized spacial score (nSPS) is 15.9. The monoisotopic (exact) mass is 288 g/mol. The van der Waals surface area contributed by atoms with Gasteiger partial charge in [-0.1, -0.05) is 36.6 Å². The summed E-state index contributed by atoms with van der Waals surface area (Å²) in [5.74, 6) is 0.736. The Morgan fingerprint density at radius 1 is 0.950 bits per heavy atom. The minimum absolute atomic E-state index is 0.725. The summed E-state index contributed by atoms with van der Waals surface area (Å²) in [5, 5.41) is 9.01. The highest BCUT2D eigenvalue weighted by Crippen LogP contribution is 2.21. The quantitative estimate of drug-likeness (QED) is 0.847. The van der Waals surface area contributed by atoms with Crippen molar-refractivity contribution >= 4 is 17.5 Å². The molecule has 5 heteroatoms. The summed E-state index contributed by atoms with van der Waals surface area (Å²) in [6.45, 7) is 2.04. The van der Waals surface area contributed by atoms with Crippen molar-refractivity contribution in [3.8, 4) is 11.3 Å². The van der Waals surface area contributed by atoms with Crippen molar-refractivity contribution in [2.45, 2.75) is 25.7 Å². The van der Waals surface area contributed by atoms with Gasteiger partial charge >= 0.3 is 0 Å². The number of rotatable bonds is 2. The number of hydrogen-bond donors (Lipinski definition) is 0. The molecule has 0 bridgehead atoms. The van der Waals surface area contributed by atoms with Gasteiger partial charge in [0.25, 0.3) is 0 Å². The molecule has 1 fully saturated rings. The van der Waals surface area contributed by atoms with Crippen molar-refractivity contribution in [1.82, 2.24) is 15.2 Å². The Morgan fingerprint density at radius 2 is 1.65 bits per heavy atom. The third-order valence-electron chi connectivity index (χ3n) is 3.58. The molecule has 0 amide bonds. The summed E-state index contributed by atoms with van der Waals surface area (Å²) in [6, 6.07) is 7.65. The number of benzene rings is 1. The molecule has 1 saturated heterocycles. The fourth-order valence-electron chi connectivity index (χ4n) is 2.46. The molecule has 0 atom stereocenters. The number of nitrogens with zero attached hydrogens (tertiary/aromatic N) is 4. The van der Waals surface area contributed by atoms with Crippen LogP contribution in [0.5, 0.6) is 0 Å². The van der Waals surface area contributed by atoms with E-state index in [1.807, 2.05) is 24.3 Å². The highest BCUT2D eigenvalue weighted by Gasteiger charge is 2.13. The lowest BCUT2D eigenvalue weighted by atomic mass is 10.2. The predicted molar refractivity (Wildman–Crippen MR) is 81.0 cm³/mol. The molecule has 1 aromatic carbocycles. The van der Waals surface area contributed by atoms with Gasteiger partial charge in [-0.2, -0.15) is 5.10 Å². The van der Waals surface area contributed by atoms with E-state index in [1.54, 1.807) is 6.20 Å². The van der Waals surface area contributed by atoms with Gasteiger partial charge in [-0.05, 0) is 25.0 Å². The first-order valence-corrected chi connectivity index (χ1v) is 7.41. The topological polar surface area (TPSA) is 41.9 Å². The molecule has 20 heavy (non-hydrogen) atoms. The second-order valence-electron chi connectivity index (χ2n) is 5.05. The van der Waals surface area contributed by atoms with E-state index < -0.39 is 0 Å². The fourth-order valence-corrected chi connectivity index (χ4v) is 2.58. The minimum Gasteiger partial charge on any atom is -0.340 e. The first-order chi connectivity index (χ1) is 9.83. The van der Waals surface area contributed by atoms with Gasteiger partial charge in [0.15, 0.2) is 0 Å². The van der Waals surface area contributed by atoms with E-state index in [-0.39, 0.29) is 0 Å². The van der Waals surface area contributed by atoms with E-state index in [0.717, 1.165) is 35.3 Å². The highest BCUT2D eigenvalue weighted by atomic mass is 35.5. The maximum atomic E-state index is 5.91. The zero-order valence-electron chi connectivity index (χ0n) is 11.3. The summed E-state index contributed by atoms with van der Waals surface area (Å²) >= 11 is 5.91. The second-order valence-corrected chi connectivity index (χ2v) is 5.49. The Hall–Kier alpha value is -1.68. The molecule has 104 valence electrons.